The second-order valence-electron chi connectivity index (χ2n) is 3.98. The Bertz CT molecular complexity index is 200. The van der Waals surface area contributed by atoms with Gasteiger partial charge in [-0.25, -0.2) is 0 Å². The van der Waals surface area contributed by atoms with Crippen molar-refractivity contribution < 1.29 is 9.53 Å². The SMILES string of the molecule is CN(C)CCNC1(C(N)=O)CCOC1. The van der Waals surface area contributed by atoms with E-state index in [-0.39, 0.29) is 5.91 Å². The highest BCUT2D eigenvalue weighted by Gasteiger charge is 2.39. The number of nitrogens with zero attached hydrogens (tertiary/aromatic N) is 1. The maximum atomic E-state index is 11.3. The standard InChI is InChI=1S/C9H19N3O2/c1-12(2)5-4-11-9(8(10)13)3-6-14-7-9/h11H,3-7H2,1-2H3,(H2,10,13). The monoisotopic (exact) mass is 201 g/mol. The number of hydrogen-bond donors (Lipinski definition) is 2. The van der Waals surface area contributed by atoms with E-state index in [1.165, 1.54) is 0 Å². The minimum Gasteiger partial charge on any atom is -0.379 e. The summed E-state index contributed by atoms with van der Waals surface area (Å²) >= 11 is 0. The molecule has 1 heterocycles. The number of ether oxygens (including phenoxy) is 1. The van der Waals surface area contributed by atoms with Crippen LogP contribution in [0.1, 0.15) is 6.42 Å². The molecule has 1 unspecified atom stereocenters. The molecular weight excluding hydrogens is 182 g/mol. The Morgan fingerprint density at radius 2 is 2.36 bits per heavy atom. The lowest BCUT2D eigenvalue weighted by Crippen LogP contribution is -2.57. The number of amides is 1. The van der Waals surface area contributed by atoms with Gasteiger partial charge in [-0.2, -0.15) is 0 Å². The van der Waals surface area contributed by atoms with E-state index in [1.54, 1.807) is 0 Å². The van der Waals surface area contributed by atoms with Crippen LogP contribution < -0.4 is 11.1 Å². The number of nitrogens with two attached hydrogens (primary N) is 1. The van der Waals surface area contributed by atoms with Gasteiger partial charge >= 0.3 is 0 Å². The van der Waals surface area contributed by atoms with Crippen molar-refractivity contribution in [3.8, 4) is 0 Å². The van der Waals surface area contributed by atoms with Gasteiger partial charge in [0, 0.05) is 26.1 Å². The Hall–Kier alpha value is -0.650. The molecule has 0 aromatic heterocycles. The second-order valence-corrected chi connectivity index (χ2v) is 3.98. The molecule has 3 N–H and O–H groups in total. The Kier molecular flexibility index (Phi) is 3.86. The van der Waals surface area contributed by atoms with Crippen LogP contribution in [0.3, 0.4) is 0 Å². The third kappa shape index (κ3) is 2.67. The van der Waals surface area contributed by atoms with Gasteiger partial charge in [0.15, 0.2) is 0 Å². The molecule has 0 saturated carbocycles. The molecular formula is C9H19N3O2. The average molecular weight is 201 g/mol. The lowest BCUT2D eigenvalue weighted by molar-refractivity contribution is -0.124. The van der Waals surface area contributed by atoms with Gasteiger partial charge in [0.2, 0.25) is 5.91 Å². The first-order valence-electron chi connectivity index (χ1n) is 4.84. The zero-order chi connectivity index (χ0) is 10.6. The van der Waals surface area contributed by atoms with Crippen LogP contribution in [0.2, 0.25) is 0 Å². The van der Waals surface area contributed by atoms with Gasteiger partial charge in [-0.1, -0.05) is 0 Å². The lowest BCUT2D eigenvalue weighted by Gasteiger charge is -2.25. The minimum absolute atomic E-state index is 0.311. The first-order chi connectivity index (χ1) is 6.57. The number of primary amides is 1. The fourth-order valence-electron chi connectivity index (χ4n) is 1.50. The van der Waals surface area contributed by atoms with Gasteiger partial charge < -0.3 is 20.7 Å². The molecule has 14 heavy (non-hydrogen) atoms. The summed E-state index contributed by atoms with van der Waals surface area (Å²) < 4.78 is 5.20. The molecule has 5 nitrogen and oxygen atoms in total. The highest BCUT2D eigenvalue weighted by atomic mass is 16.5. The summed E-state index contributed by atoms with van der Waals surface area (Å²) in [4.78, 5) is 13.3. The fraction of sp³-hybridized carbons (Fsp3) is 0.889. The molecule has 0 radical (unpaired) electrons. The first kappa shape index (κ1) is 11.4. The summed E-state index contributed by atoms with van der Waals surface area (Å²) in [5.41, 5.74) is 4.73. The Balaban J connectivity index is 2.40. The van der Waals surface area contributed by atoms with Crippen LogP contribution >= 0.6 is 0 Å². The number of carbonyl (C=O) groups excluding carboxylic acids is 1. The predicted octanol–water partition coefficient (Wildman–Crippen LogP) is -1.22. The molecule has 0 spiro atoms. The summed E-state index contributed by atoms with van der Waals surface area (Å²) in [6.45, 7) is 2.64. The Labute approximate surface area is 84.6 Å². The van der Waals surface area contributed by atoms with Crippen molar-refractivity contribution in [2.24, 2.45) is 5.73 Å². The van der Waals surface area contributed by atoms with Crippen LogP contribution in [0.5, 0.6) is 0 Å². The fourth-order valence-corrected chi connectivity index (χ4v) is 1.50. The third-order valence-electron chi connectivity index (χ3n) is 2.52. The quantitative estimate of drug-likeness (QED) is 0.585. The molecule has 1 amide bonds. The molecule has 1 saturated heterocycles. The van der Waals surface area contributed by atoms with Crippen LogP contribution in [0.4, 0.5) is 0 Å². The van der Waals surface area contributed by atoms with Crippen molar-refractivity contribution in [1.82, 2.24) is 10.2 Å². The Morgan fingerprint density at radius 1 is 1.64 bits per heavy atom. The summed E-state index contributed by atoms with van der Waals surface area (Å²) in [6.07, 6.45) is 0.676. The third-order valence-corrected chi connectivity index (χ3v) is 2.52. The van der Waals surface area contributed by atoms with Crippen molar-refractivity contribution >= 4 is 5.91 Å². The molecule has 82 valence electrons. The molecule has 5 heteroatoms. The molecule has 1 rings (SSSR count). The van der Waals surface area contributed by atoms with Crippen molar-refractivity contribution in [1.29, 1.82) is 0 Å². The number of nitrogens with one attached hydrogen (secondary N) is 1. The van der Waals surface area contributed by atoms with E-state index in [0.29, 0.717) is 19.6 Å². The number of likely N-dealkylation sites (N-methyl/N-ethyl adjacent to an activating group) is 1. The van der Waals surface area contributed by atoms with E-state index in [9.17, 15) is 4.79 Å². The van der Waals surface area contributed by atoms with Gasteiger partial charge in [0.05, 0.1) is 6.61 Å². The predicted molar refractivity (Wildman–Crippen MR) is 53.9 cm³/mol. The van der Waals surface area contributed by atoms with Crippen LogP contribution in [-0.2, 0) is 9.53 Å². The molecule has 1 aliphatic heterocycles. The van der Waals surface area contributed by atoms with Crippen molar-refractivity contribution in [2.45, 2.75) is 12.0 Å². The topological polar surface area (TPSA) is 67.6 Å². The van der Waals surface area contributed by atoms with Crippen LogP contribution in [0, 0.1) is 0 Å². The normalized spacial score (nSPS) is 27.1. The zero-order valence-corrected chi connectivity index (χ0v) is 8.88. The molecule has 1 aliphatic rings. The van der Waals surface area contributed by atoms with Crippen molar-refractivity contribution in [3.63, 3.8) is 0 Å². The maximum absolute atomic E-state index is 11.3. The van der Waals surface area contributed by atoms with E-state index in [1.807, 2.05) is 14.1 Å². The highest BCUT2D eigenvalue weighted by Crippen LogP contribution is 2.17. The lowest BCUT2D eigenvalue weighted by atomic mass is 9.98. The van der Waals surface area contributed by atoms with E-state index in [4.69, 9.17) is 10.5 Å². The maximum Gasteiger partial charge on any atom is 0.240 e. The van der Waals surface area contributed by atoms with Gasteiger partial charge in [-0.15, -0.1) is 0 Å². The summed E-state index contributed by atoms with van der Waals surface area (Å²) in [6, 6.07) is 0. The second kappa shape index (κ2) is 4.72. The molecule has 1 fully saturated rings. The number of hydrogen-bond acceptors (Lipinski definition) is 4. The van der Waals surface area contributed by atoms with Crippen molar-refractivity contribution in [2.75, 3.05) is 40.4 Å². The first-order valence-corrected chi connectivity index (χ1v) is 4.84. The Morgan fingerprint density at radius 3 is 2.79 bits per heavy atom. The molecule has 0 aromatic carbocycles. The van der Waals surface area contributed by atoms with Crippen LogP contribution in [-0.4, -0.2) is 56.7 Å². The largest absolute Gasteiger partial charge is 0.379 e. The molecule has 0 bridgehead atoms. The summed E-state index contributed by atoms with van der Waals surface area (Å²) in [7, 11) is 3.98. The molecule has 1 atom stereocenters. The average Bonchev–Trinajstić information content (AvgIpc) is 2.53. The van der Waals surface area contributed by atoms with Gasteiger partial charge in [0.25, 0.3) is 0 Å². The van der Waals surface area contributed by atoms with E-state index >= 15 is 0 Å². The van der Waals surface area contributed by atoms with Gasteiger partial charge in [0.1, 0.15) is 5.54 Å². The minimum atomic E-state index is -0.629. The number of rotatable bonds is 5. The zero-order valence-electron chi connectivity index (χ0n) is 8.88. The van der Waals surface area contributed by atoms with E-state index in [2.05, 4.69) is 10.2 Å². The van der Waals surface area contributed by atoms with Crippen LogP contribution in [0.25, 0.3) is 0 Å². The van der Waals surface area contributed by atoms with E-state index in [0.717, 1.165) is 13.1 Å². The van der Waals surface area contributed by atoms with Crippen LogP contribution in [0.15, 0.2) is 0 Å². The highest BCUT2D eigenvalue weighted by molar-refractivity contribution is 5.85. The number of carbonyl (C=O) groups is 1. The van der Waals surface area contributed by atoms with Crippen molar-refractivity contribution in [3.05, 3.63) is 0 Å². The molecule has 0 aliphatic carbocycles. The van der Waals surface area contributed by atoms with E-state index < -0.39 is 5.54 Å². The molecule has 0 aromatic rings. The van der Waals surface area contributed by atoms with Gasteiger partial charge in [-0.3, -0.25) is 4.79 Å². The smallest absolute Gasteiger partial charge is 0.240 e. The summed E-state index contributed by atoms with van der Waals surface area (Å²) in [5.74, 6) is -0.311. The van der Waals surface area contributed by atoms with Gasteiger partial charge in [-0.05, 0) is 14.1 Å². The summed E-state index contributed by atoms with van der Waals surface area (Å²) in [5, 5.41) is 3.18.